The number of aryl methyl sites for hydroxylation is 2. The number of hydrogen-bond acceptors (Lipinski definition) is 5. The zero-order valence-electron chi connectivity index (χ0n) is 16.0. The van der Waals surface area contributed by atoms with Gasteiger partial charge in [0.1, 0.15) is 0 Å². The number of hydrogen-bond donors (Lipinski definition) is 0. The van der Waals surface area contributed by atoms with E-state index in [0.717, 1.165) is 43.9 Å². The van der Waals surface area contributed by atoms with Gasteiger partial charge in [0.25, 0.3) is 0 Å². The average molecular weight is 373 g/mol. The van der Waals surface area contributed by atoms with Crippen LogP contribution in [0.5, 0.6) is 0 Å². The number of ether oxygens (including phenoxy) is 1. The molecule has 1 aliphatic rings. The summed E-state index contributed by atoms with van der Waals surface area (Å²) in [5.41, 5.74) is 2.03. The van der Waals surface area contributed by atoms with Crippen molar-refractivity contribution in [2.75, 3.05) is 19.7 Å². The Balaban J connectivity index is 1.82. The van der Waals surface area contributed by atoms with Gasteiger partial charge in [0.2, 0.25) is 0 Å². The first kappa shape index (κ1) is 19.1. The summed E-state index contributed by atoms with van der Waals surface area (Å²) in [4.78, 5) is 21.0. The number of carbonyl (C=O) groups excluding carboxylic acids is 1. The molecule has 1 aliphatic heterocycles. The van der Waals surface area contributed by atoms with Crippen molar-refractivity contribution in [1.82, 2.24) is 9.88 Å². The maximum Gasteiger partial charge on any atom is 0.313 e. The van der Waals surface area contributed by atoms with Crippen LogP contribution in [0.3, 0.4) is 0 Å². The number of likely N-dealkylation sites (tertiary alicyclic amines) is 1. The summed E-state index contributed by atoms with van der Waals surface area (Å²) < 4.78 is 5.52. The molecule has 5 heteroatoms. The van der Waals surface area contributed by atoms with Gasteiger partial charge in [-0.05, 0) is 57.7 Å². The molecule has 0 saturated carbocycles. The lowest BCUT2D eigenvalue weighted by molar-refractivity contribution is -0.159. The van der Waals surface area contributed by atoms with E-state index in [1.165, 1.54) is 16.0 Å². The van der Waals surface area contributed by atoms with Gasteiger partial charge in [0.15, 0.2) is 0 Å². The maximum absolute atomic E-state index is 13.0. The fraction of sp³-hybridized carbons (Fsp3) is 0.524. The summed E-state index contributed by atoms with van der Waals surface area (Å²) in [5.74, 6) is -0.0477. The summed E-state index contributed by atoms with van der Waals surface area (Å²) in [5, 5.41) is 1.09. The van der Waals surface area contributed by atoms with Crippen molar-refractivity contribution in [2.24, 2.45) is 5.41 Å². The molecule has 3 rings (SSSR count). The summed E-state index contributed by atoms with van der Waals surface area (Å²) in [6, 6.07) is 8.37. The Morgan fingerprint density at radius 1 is 1.35 bits per heavy atom. The van der Waals surface area contributed by atoms with Crippen molar-refractivity contribution >= 4 is 17.3 Å². The second kappa shape index (κ2) is 8.31. The lowest BCUT2D eigenvalue weighted by Crippen LogP contribution is -2.49. The molecule has 26 heavy (non-hydrogen) atoms. The van der Waals surface area contributed by atoms with Crippen LogP contribution in [0.15, 0.2) is 30.5 Å². The zero-order valence-corrected chi connectivity index (χ0v) is 16.8. The van der Waals surface area contributed by atoms with Crippen LogP contribution in [0, 0.1) is 19.3 Å². The first-order valence-electron chi connectivity index (χ1n) is 9.38. The minimum absolute atomic E-state index is 0.0477. The molecule has 1 fully saturated rings. The number of aromatic nitrogens is 1. The summed E-state index contributed by atoms with van der Waals surface area (Å²) >= 11 is 1.74. The molecule has 2 aromatic rings. The second-order valence-electron chi connectivity index (χ2n) is 7.26. The smallest absolute Gasteiger partial charge is 0.313 e. The monoisotopic (exact) mass is 372 g/mol. The first-order chi connectivity index (χ1) is 12.5. The van der Waals surface area contributed by atoms with E-state index in [1.54, 1.807) is 11.3 Å². The lowest BCUT2D eigenvalue weighted by atomic mass is 9.74. The third-order valence-corrected chi connectivity index (χ3v) is 6.10. The Kier molecular flexibility index (Phi) is 6.09. The van der Waals surface area contributed by atoms with Crippen LogP contribution in [0.1, 0.15) is 40.8 Å². The van der Waals surface area contributed by atoms with Crippen LogP contribution >= 0.6 is 11.3 Å². The molecule has 1 aromatic heterocycles. The Morgan fingerprint density at radius 3 is 2.85 bits per heavy atom. The number of esters is 1. The molecule has 140 valence electrons. The number of carbonyl (C=O) groups is 1. The Labute approximate surface area is 160 Å². The van der Waals surface area contributed by atoms with Gasteiger partial charge >= 0.3 is 5.97 Å². The number of nitrogens with zero attached hydrogens (tertiary/aromatic N) is 2. The van der Waals surface area contributed by atoms with E-state index in [2.05, 4.69) is 41.1 Å². The van der Waals surface area contributed by atoms with Gasteiger partial charge in [-0.2, -0.15) is 0 Å². The molecule has 4 nitrogen and oxygen atoms in total. The Hall–Kier alpha value is -1.72. The van der Waals surface area contributed by atoms with Crippen molar-refractivity contribution < 1.29 is 9.53 Å². The van der Waals surface area contributed by atoms with Crippen molar-refractivity contribution in [3.8, 4) is 0 Å². The highest BCUT2D eigenvalue weighted by atomic mass is 32.1. The van der Waals surface area contributed by atoms with Crippen LogP contribution in [-0.4, -0.2) is 35.5 Å². The van der Waals surface area contributed by atoms with E-state index in [4.69, 9.17) is 4.74 Å². The van der Waals surface area contributed by atoms with E-state index in [0.29, 0.717) is 6.61 Å². The van der Waals surface area contributed by atoms with E-state index >= 15 is 0 Å². The third-order valence-electron chi connectivity index (χ3n) is 5.20. The minimum atomic E-state index is -0.458. The van der Waals surface area contributed by atoms with E-state index < -0.39 is 5.41 Å². The summed E-state index contributed by atoms with van der Waals surface area (Å²) in [6.45, 7) is 9.10. The average Bonchev–Trinajstić information content (AvgIpc) is 3.02. The number of benzene rings is 1. The molecule has 0 amide bonds. The molecule has 0 aliphatic carbocycles. The maximum atomic E-state index is 13.0. The molecule has 0 spiro atoms. The normalized spacial score (nSPS) is 20.9. The highest BCUT2D eigenvalue weighted by molar-refractivity contribution is 7.11. The highest BCUT2D eigenvalue weighted by Crippen LogP contribution is 2.36. The summed E-state index contributed by atoms with van der Waals surface area (Å²) in [7, 11) is 0. The predicted molar refractivity (Wildman–Crippen MR) is 105 cm³/mol. The van der Waals surface area contributed by atoms with Gasteiger partial charge in [0, 0.05) is 24.2 Å². The largest absolute Gasteiger partial charge is 0.466 e. The quantitative estimate of drug-likeness (QED) is 0.715. The molecule has 1 atom stereocenters. The molecule has 1 saturated heterocycles. The number of rotatable bonds is 6. The predicted octanol–water partition coefficient (Wildman–Crippen LogP) is 4.15. The van der Waals surface area contributed by atoms with E-state index in [9.17, 15) is 4.79 Å². The number of thiazole rings is 1. The van der Waals surface area contributed by atoms with Gasteiger partial charge in [-0.1, -0.05) is 24.3 Å². The van der Waals surface area contributed by atoms with Gasteiger partial charge < -0.3 is 4.74 Å². The molecule has 0 radical (unpaired) electrons. The topological polar surface area (TPSA) is 42.4 Å². The van der Waals surface area contributed by atoms with Gasteiger partial charge in [0.05, 0.1) is 17.0 Å². The van der Waals surface area contributed by atoms with Crippen molar-refractivity contribution in [3.05, 3.63) is 51.5 Å². The van der Waals surface area contributed by atoms with Gasteiger partial charge in [-0.15, -0.1) is 11.3 Å². The standard InChI is InChI=1S/C21H28N2O2S/c1-4-25-20(24)21(12-18-9-6-5-8-16(18)2)10-7-11-23(15-21)14-19-13-22-17(3)26-19/h5-6,8-9,13H,4,7,10-12,14-15H2,1-3H3/t21-/m0/s1. The van der Waals surface area contributed by atoms with E-state index in [1.807, 2.05) is 20.0 Å². The lowest BCUT2D eigenvalue weighted by Gasteiger charge is -2.41. The van der Waals surface area contributed by atoms with Crippen LogP contribution in [0.25, 0.3) is 0 Å². The second-order valence-corrected chi connectivity index (χ2v) is 8.58. The first-order valence-corrected chi connectivity index (χ1v) is 10.2. The van der Waals surface area contributed by atoms with Crippen molar-refractivity contribution in [2.45, 2.75) is 46.6 Å². The molecular formula is C21H28N2O2S. The molecule has 0 unspecified atom stereocenters. The van der Waals surface area contributed by atoms with Crippen LogP contribution in [-0.2, 0) is 22.5 Å². The third kappa shape index (κ3) is 4.33. The van der Waals surface area contributed by atoms with Crippen molar-refractivity contribution in [1.29, 1.82) is 0 Å². The fourth-order valence-electron chi connectivity index (χ4n) is 3.90. The zero-order chi connectivity index (χ0) is 18.6. The molecule has 0 bridgehead atoms. The number of piperidine rings is 1. The fourth-order valence-corrected chi connectivity index (χ4v) is 4.74. The molecular weight excluding hydrogens is 344 g/mol. The summed E-state index contributed by atoms with van der Waals surface area (Å²) in [6.07, 6.45) is 4.61. The Morgan fingerprint density at radius 2 is 2.15 bits per heavy atom. The van der Waals surface area contributed by atoms with Gasteiger partial charge in [-0.25, -0.2) is 4.98 Å². The highest BCUT2D eigenvalue weighted by Gasteiger charge is 2.43. The molecule has 2 heterocycles. The van der Waals surface area contributed by atoms with Crippen LogP contribution in [0.4, 0.5) is 0 Å². The molecule has 1 aromatic carbocycles. The Bertz CT molecular complexity index is 758. The van der Waals surface area contributed by atoms with Crippen LogP contribution in [0.2, 0.25) is 0 Å². The SMILES string of the molecule is CCOC(=O)[C@]1(Cc2ccccc2C)CCCN(Cc2cnc(C)s2)C1. The molecule has 0 N–H and O–H groups in total. The van der Waals surface area contributed by atoms with Crippen LogP contribution < -0.4 is 0 Å². The van der Waals surface area contributed by atoms with E-state index in [-0.39, 0.29) is 5.97 Å². The minimum Gasteiger partial charge on any atom is -0.466 e. The van der Waals surface area contributed by atoms with Crippen molar-refractivity contribution in [3.63, 3.8) is 0 Å². The van der Waals surface area contributed by atoms with Gasteiger partial charge in [-0.3, -0.25) is 9.69 Å².